The SMILES string of the molecule is CC(CNCc1ccccc1)OC(=O)c1ccco1. The fourth-order valence-corrected chi connectivity index (χ4v) is 1.69. The van der Waals surface area contributed by atoms with Crippen molar-refractivity contribution in [3.05, 3.63) is 60.1 Å². The molecular weight excluding hydrogens is 242 g/mol. The molecule has 1 heterocycles. The molecule has 0 aliphatic heterocycles. The zero-order valence-electron chi connectivity index (χ0n) is 10.8. The molecule has 4 nitrogen and oxygen atoms in total. The molecule has 1 aromatic carbocycles. The van der Waals surface area contributed by atoms with Crippen LogP contribution in [0.1, 0.15) is 23.0 Å². The van der Waals surface area contributed by atoms with Gasteiger partial charge in [0.2, 0.25) is 5.76 Å². The van der Waals surface area contributed by atoms with Gasteiger partial charge in [-0.3, -0.25) is 0 Å². The van der Waals surface area contributed by atoms with Gasteiger partial charge in [0.25, 0.3) is 0 Å². The Balaban J connectivity index is 1.70. The number of ether oxygens (including phenoxy) is 1. The van der Waals surface area contributed by atoms with Crippen LogP contribution < -0.4 is 5.32 Å². The molecule has 0 fully saturated rings. The minimum Gasteiger partial charge on any atom is -0.457 e. The molecule has 0 saturated heterocycles. The third-order valence-electron chi connectivity index (χ3n) is 2.63. The Labute approximate surface area is 112 Å². The van der Waals surface area contributed by atoms with Gasteiger partial charge in [0.05, 0.1) is 6.26 Å². The van der Waals surface area contributed by atoms with E-state index in [9.17, 15) is 4.79 Å². The van der Waals surface area contributed by atoms with Crippen LogP contribution in [0.3, 0.4) is 0 Å². The van der Waals surface area contributed by atoms with E-state index in [4.69, 9.17) is 9.15 Å². The molecule has 0 bridgehead atoms. The Hall–Kier alpha value is -2.07. The van der Waals surface area contributed by atoms with Crippen molar-refractivity contribution in [3.63, 3.8) is 0 Å². The van der Waals surface area contributed by atoms with Gasteiger partial charge >= 0.3 is 5.97 Å². The van der Waals surface area contributed by atoms with E-state index >= 15 is 0 Å². The van der Waals surface area contributed by atoms with Gasteiger partial charge in [0.1, 0.15) is 6.10 Å². The summed E-state index contributed by atoms with van der Waals surface area (Å²) < 4.78 is 10.2. The molecule has 0 saturated carbocycles. The molecule has 1 aromatic heterocycles. The normalized spacial score (nSPS) is 12.1. The van der Waals surface area contributed by atoms with Crippen LogP contribution in [0.25, 0.3) is 0 Å². The molecule has 0 aliphatic rings. The first-order valence-corrected chi connectivity index (χ1v) is 6.25. The topological polar surface area (TPSA) is 51.5 Å². The summed E-state index contributed by atoms with van der Waals surface area (Å²) in [6, 6.07) is 13.3. The minimum absolute atomic E-state index is 0.207. The minimum atomic E-state index is -0.431. The fraction of sp³-hybridized carbons (Fsp3) is 0.267. The summed E-state index contributed by atoms with van der Waals surface area (Å²) in [6.07, 6.45) is 1.25. The van der Waals surface area contributed by atoms with E-state index < -0.39 is 5.97 Å². The highest BCUT2D eigenvalue weighted by atomic mass is 16.6. The van der Waals surface area contributed by atoms with Gasteiger partial charge in [-0.25, -0.2) is 4.79 Å². The number of hydrogen-bond acceptors (Lipinski definition) is 4. The summed E-state index contributed by atoms with van der Waals surface area (Å²) >= 11 is 0. The van der Waals surface area contributed by atoms with E-state index in [0.717, 1.165) is 6.54 Å². The Morgan fingerprint density at radius 3 is 2.74 bits per heavy atom. The third-order valence-corrected chi connectivity index (χ3v) is 2.63. The lowest BCUT2D eigenvalue weighted by Gasteiger charge is -2.13. The number of benzene rings is 1. The molecule has 19 heavy (non-hydrogen) atoms. The van der Waals surface area contributed by atoms with Crippen LogP contribution in [0.5, 0.6) is 0 Å². The fourth-order valence-electron chi connectivity index (χ4n) is 1.69. The van der Waals surface area contributed by atoms with E-state index in [0.29, 0.717) is 6.54 Å². The summed E-state index contributed by atoms with van der Waals surface area (Å²) in [6.45, 7) is 3.20. The summed E-state index contributed by atoms with van der Waals surface area (Å²) in [4.78, 5) is 11.6. The molecule has 1 unspecified atom stereocenters. The summed E-state index contributed by atoms with van der Waals surface area (Å²) in [5.74, 6) is -0.200. The molecule has 0 amide bonds. The largest absolute Gasteiger partial charge is 0.457 e. The van der Waals surface area contributed by atoms with Crippen LogP contribution >= 0.6 is 0 Å². The molecule has 1 N–H and O–H groups in total. The maximum atomic E-state index is 11.6. The molecule has 1 atom stereocenters. The highest BCUT2D eigenvalue weighted by molar-refractivity contribution is 5.86. The maximum absolute atomic E-state index is 11.6. The smallest absolute Gasteiger partial charge is 0.374 e. The summed E-state index contributed by atoms with van der Waals surface area (Å²) in [5.41, 5.74) is 1.20. The van der Waals surface area contributed by atoms with Gasteiger partial charge in [-0.1, -0.05) is 30.3 Å². The molecular formula is C15H17NO3. The van der Waals surface area contributed by atoms with Crippen LogP contribution in [0.15, 0.2) is 53.1 Å². The number of hydrogen-bond donors (Lipinski definition) is 1. The predicted octanol–water partition coefficient (Wildman–Crippen LogP) is 2.61. The number of esters is 1. The Kier molecular flexibility index (Phi) is 4.75. The molecule has 2 aromatic rings. The molecule has 4 heteroatoms. The second kappa shape index (κ2) is 6.75. The number of carbonyl (C=O) groups is 1. The van der Waals surface area contributed by atoms with E-state index in [2.05, 4.69) is 5.32 Å². The average Bonchev–Trinajstić information content (AvgIpc) is 2.94. The Morgan fingerprint density at radius 2 is 2.05 bits per heavy atom. The molecule has 0 aliphatic carbocycles. The number of furan rings is 1. The van der Waals surface area contributed by atoms with Gasteiger partial charge in [0, 0.05) is 13.1 Å². The van der Waals surface area contributed by atoms with Gasteiger partial charge < -0.3 is 14.5 Å². The van der Waals surface area contributed by atoms with Crippen molar-refractivity contribution < 1.29 is 13.9 Å². The highest BCUT2D eigenvalue weighted by Gasteiger charge is 2.13. The maximum Gasteiger partial charge on any atom is 0.374 e. The first-order valence-electron chi connectivity index (χ1n) is 6.25. The quantitative estimate of drug-likeness (QED) is 0.810. The molecule has 100 valence electrons. The second-order valence-corrected chi connectivity index (χ2v) is 4.31. The Bertz CT molecular complexity index is 493. The van der Waals surface area contributed by atoms with Crippen molar-refractivity contribution in [1.29, 1.82) is 0 Å². The average molecular weight is 259 g/mol. The van der Waals surface area contributed by atoms with Gasteiger partial charge in [0.15, 0.2) is 0 Å². The van der Waals surface area contributed by atoms with Crippen molar-refractivity contribution in [2.24, 2.45) is 0 Å². The van der Waals surface area contributed by atoms with Crippen molar-refractivity contribution in [1.82, 2.24) is 5.32 Å². The van der Waals surface area contributed by atoms with Crippen molar-refractivity contribution in [2.75, 3.05) is 6.54 Å². The summed E-state index contributed by atoms with van der Waals surface area (Å²) in [7, 11) is 0. The van der Waals surface area contributed by atoms with Crippen molar-refractivity contribution in [2.45, 2.75) is 19.6 Å². The van der Waals surface area contributed by atoms with E-state index in [1.54, 1.807) is 12.1 Å². The standard InChI is InChI=1S/C15H17NO3/c1-12(19-15(17)14-8-5-9-18-14)10-16-11-13-6-3-2-4-7-13/h2-9,12,16H,10-11H2,1H3. The Morgan fingerprint density at radius 1 is 1.26 bits per heavy atom. The summed E-state index contributed by atoms with van der Waals surface area (Å²) in [5, 5.41) is 3.24. The first-order chi connectivity index (χ1) is 9.25. The van der Waals surface area contributed by atoms with Crippen molar-refractivity contribution in [3.8, 4) is 0 Å². The first kappa shape index (κ1) is 13.4. The zero-order valence-corrected chi connectivity index (χ0v) is 10.8. The predicted molar refractivity (Wildman–Crippen MR) is 71.7 cm³/mol. The van der Waals surface area contributed by atoms with Crippen LogP contribution in [-0.2, 0) is 11.3 Å². The highest BCUT2D eigenvalue weighted by Crippen LogP contribution is 2.04. The van der Waals surface area contributed by atoms with Gasteiger partial charge in [-0.2, -0.15) is 0 Å². The number of rotatable bonds is 6. The number of carbonyl (C=O) groups excluding carboxylic acids is 1. The van der Waals surface area contributed by atoms with E-state index in [1.807, 2.05) is 37.3 Å². The molecule has 2 rings (SSSR count). The van der Waals surface area contributed by atoms with Crippen LogP contribution in [0.4, 0.5) is 0 Å². The van der Waals surface area contributed by atoms with E-state index in [1.165, 1.54) is 11.8 Å². The van der Waals surface area contributed by atoms with E-state index in [-0.39, 0.29) is 11.9 Å². The van der Waals surface area contributed by atoms with Crippen LogP contribution in [0.2, 0.25) is 0 Å². The zero-order chi connectivity index (χ0) is 13.5. The molecule has 0 radical (unpaired) electrons. The van der Waals surface area contributed by atoms with Gasteiger partial charge in [-0.15, -0.1) is 0 Å². The lowest BCUT2D eigenvalue weighted by molar-refractivity contribution is 0.0306. The second-order valence-electron chi connectivity index (χ2n) is 4.31. The lowest BCUT2D eigenvalue weighted by Crippen LogP contribution is -2.28. The van der Waals surface area contributed by atoms with Crippen molar-refractivity contribution >= 4 is 5.97 Å². The van der Waals surface area contributed by atoms with Crippen LogP contribution in [-0.4, -0.2) is 18.6 Å². The molecule has 0 spiro atoms. The monoisotopic (exact) mass is 259 g/mol. The lowest BCUT2D eigenvalue weighted by atomic mass is 10.2. The third kappa shape index (κ3) is 4.26. The number of nitrogens with one attached hydrogen (secondary N) is 1. The van der Waals surface area contributed by atoms with Gasteiger partial charge in [-0.05, 0) is 24.6 Å². The van der Waals surface area contributed by atoms with Crippen LogP contribution in [0, 0.1) is 0 Å².